The van der Waals surface area contributed by atoms with E-state index in [1.165, 1.54) is 33.2 Å². The zero-order valence-electron chi connectivity index (χ0n) is 12.9. The predicted octanol–water partition coefficient (Wildman–Crippen LogP) is 1.46. The normalized spacial score (nSPS) is 13.0. The van der Waals surface area contributed by atoms with Gasteiger partial charge in [-0.15, -0.1) is 11.3 Å². The van der Waals surface area contributed by atoms with E-state index in [9.17, 15) is 9.59 Å². The van der Waals surface area contributed by atoms with Gasteiger partial charge < -0.3 is 0 Å². The molecule has 0 unspecified atom stereocenters. The molecule has 1 aliphatic rings. The summed E-state index contributed by atoms with van der Waals surface area (Å²) in [5, 5.41) is 13.9. The van der Waals surface area contributed by atoms with E-state index in [-0.39, 0.29) is 11.5 Å². The van der Waals surface area contributed by atoms with Gasteiger partial charge in [0.1, 0.15) is 0 Å². The maximum absolute atomic E-state index is 12.5. The Balaban J connectivity index is 1.58. The van der Waals surface area contributed by atoms with Crippen molar-refractivity contribution in [1.29, 1.82) is 0 Å². The molecule has 24 heavy (non-hydrogen) atoms. The van der Waals surface area contributed by atoms with E-state index in [0.717, 1.165) is 25.0 Å². The Bertz CT molecular complexity index is 944. The second-order valence-electron chi connectivity index (χ2n) is 5.53. The maximum Gasteiger partial charge on any atom is 0.264 e. The number of anilines is 1. The molecule has 0 spiro atoms. The number of rotatable bonds is 3. The first-order chi connectivity index (χ1) is 11.6. The number of hydrogen-bond acceptors (Lipinski definition) is 6. The van der Waals surface area contributed by atoms with Crippen LogP contribution in [0.25, 0.3) is 5.82 Å². The Morgan fingerprint density at radius 3 is 3.00 bits per heavy atom. The third-order valence-corrected chi connectivity index (χ3v) is 5.02. The molecule has 8 nitrogen and oxygen atoms in total. The van der Waals surface area contributed by atoms with E-state index in [1.54, 1.807) is 13.0 Å². The second-order valence-corrected chi connectivity index (χ2v) is 6.62. The minimum Gasteiger partial charge on any atom is -0.298 e. The van der Waals surface area contributed by atoms with Gasteiger partial charge in [0.25, 0.3) is 11.5 Å². The first kappa shape index (κ1) is 14.8. The maximum atomic E-state index is 12.5. The fraction of sp³-hybridized carbons (Fsp3) is 0.267. The van der Waals surface area contributed by atoms with Gasteiger partial charge >= 0.3 is 0 Å². The molecule has 3 heterocycles. The van der Waals surface area contributed by atoms with E-state index < -0.39 is 0 Å². The number of carbonyl (C=O) groups is 1. The van der Waals surface area contributed by atoms with Crippen LogP contribution in [-0.4, -0.2) is 30.9 Å². The molecule has 0 atom stereocenters. The zero-order valence-corrected chi connectivity index (χ0v) is 13.7. The Hall–Kier alpha value is -2.81. The molecular formula is C15H14N6O2S. The number of H-pyrrole nitrogens is 1. The highest BCUT2D eigenvalue weighted by molar-refractivity contribution is 7.16. The van der Waals surface area contributed by atoms with Crippen molar-refractivity contribution in [3.05, 3.63) is 50.5 Å². The summed E-state index contributed by atoms with van der Waals surface area (Å²) in [6, 6.07) is 2.91. The molecule has 3 aromatic rings. The highest BCUT2D eigenvalue weighted by Crippen LogP contribution is 2.30. The summed E-state index contributed by atoms with van der Waals surface area (Å²) in [5.74, 6) is 0.190. The molecule has 0 aromatic carbocycles. The molecule has 0 aliphatic heterocycles. The summed E-state index contributed by atoms with van der Waals surface area (Å²) in [5.41, 5.74) is 1.88. The molecule has 0 saturated heterocycles. The van der Waals surface area contributed by atoms with Gasteiger partial charge in [-0.25, -0.2) is 14.8 Å². The summed E-state index contributed by atoms with van der Waals surface area (Å²) < 4.78 is 1.51. The lowest BCUT2D eigenvalue weighted by molar-refractivity contribution is 0.102. The van der Waals surface area contributed by atoms with Crippen LogP contribution >= 0.6 is 11.3 Å². The number of aryl methyl sites for hydroxylation is 2. The van der Waals surface area contributed by atoms with E-state index in [0.29, 0.717) is 22.2 Å². The van der Waals surface area contributed by atoms with Crippen LogP contribution in [0.4, 0.5) is 5.13 Å². The summed E-state index contributed by atoms with van der Waals surface area (Å²) in [4.78, 5) is 29.3. The van der Waals surface area contributed by atoms with E-state index in [1.807, 2.05) is 0 Å². The summed E-state index contributed by atoms with van der Waals surface area (Å²) in [7, 11) is 0. The number of amides is 1. The van der Waals surface area contributed by atoms with Gasteiger partial charge in [0.15, 0.2) is 10.9 Å². The van der Waals surface area contributed by atoms with E-state index >= 15 is 0 Å². The number of aromatic nitrogens is 5. The molecule has 2 N–H and O–H groups in total. The van der Waals surface area contributed by atoms with E-state index in [2.05, 4.69) is 25.6 Å². The van der Waals surface area contributed by atoms with Gasteiger partial charge in [-0.3, -0.25) is 14.9 Å². The van der Waals surface area contributed by atoms with Crippen molar-refractivity contribution < 1.29 is 4.79 Å². The molecule has 3 aromatic heterocycles. The SMILES string of the molecule is Cc1c(C(=O)Nc2nc3c(s2)CCC3)cnn1-c1ccc(=O)[nH]n1. The third-order valence-electron chi connectivity index (χ3n) is 3.95. The minimum absolute atomic E-state index is 0.254. The summed E-state index contributed by atoms with van der Waals surface area (Å²) in [6.07, 6.45) is 4.65. The van der Waals surface area contributed by atoms with Gasteiger partial charge in [-0.1, -0.05) is 0 Å². The lowest BCUT2D eigenvalue weighted by Crippen LogP contribution is -2.14. The first-order valence-electron chi connectivity index (χ1n) is 7.52. The number of aromatic amines is 1. The van der Waals surface area contributed by atoms with Gasteiger partial charge in [0.2, 0.25) is 0 Å². The number of carbonyl (C=O) groups excluding carboxylic acids is 1. The fourth-order valence-electron chi connectivity index (χ4n) is 2.73. The van der Waals surface area contributed by atoms with Crippen LogP contribution in [0.15, 0.2) is 23.1 Å². The van der Waals surface area contributed by atoms with E-state index in [4.69, 9.17) is 0 Å². The molecule has 4 rings (SSSR count). The van der Waals surface area contributed by atoms with Gasteiger partial charge in [0.05, 0.1) is 23.1 Å². The number of nitrogens with one attached hydrogen (secondary N) is 2. The molecule has 0 saturated carbocycles. The Labute approximate surface area is 140 Å². The third kappa shape index (κ3) is 2.52. The van der Waals surface area contributed by atoms with Crippen molar-refractivity contribution in [2.45, 2.75) is 26.2 Å². The van der Waals surface area contributed by atoms with Crippen LogP contribution in [0.1, 0.15) is 33.0 Å². The van der Waals surface area contributed by atoms with Crippen LogP contribution in [0.2, 0.25) is 0 Å². The smallest absolute Gasteiger partial charge is 0.264 e. The van der Waals surface area contributed by atoms with Crippen molar-refractivity contribution in [2.75, 3.05) is 5.32 Å². The van der Waals surface area contributed by atoms with Gasteiger partial charge in [0, 0.05) is 10.9 Å². The molecule has 9 heteroatoms. The molecular weight excluding hydrogens is 328 g/mol. The monoisotopic (exact) mass is 342 g/mol. The Morgan fingerprint density at radius 1 is 1.38 bits per heavy atom. The summed E-state index contributed by atoms with van der Waals surface area (Å²) >= 11 is 1.53. The first-order valence-corrected chi connectivity index (χ1v) is 8.34. The highest BCUT2D eigenvalue weighted by Gasteiger charge is 2.20. The topological polar surface area (TPSA) is 106 Å². The van der Waals surface area contributed by atoms with Crippen LogP contribution in [0.5, 0.6) is 0 Å². The largest absolute Gasteiger partial charge is 0.298 e. The van der Waals surface area contributed by atoms with Crippen molar-refractivity contribution in [3.8, 4) is 5.82 Å². The second kappa shape index (κ2) is 5.68. The fourth-order valence-corrected chi connectivity index (χ4v) is 3.77. The van der Waals surface area contributed by atoms with Gasteiger partial charge in [-0.2, -0.15) is 10.2 Å². The highest BCUT2D eigenvalue weighted by atomic mass is 32.1. The molecule has 1 aliphatic carbocycles. The molecule has 1 amide bonds. The van der Waals surface area contributed by atoms with Crippen molar-refractivity contribution in [3.63, 3.8) is 0 Å². The number of fused-ring (bicyclic) bond motifs is 1. The average Bonchev–Trinajstić information content (AvgIpc) is 3.23. The Kier molecular flexibility index (Phi) is 3.49. The Morgan fingerprint density at radius 2 is 2.25 bits per heavy atom. The molecule has 122 valence electrons. The van der Waals surface area contributed by atoms with Gasteiger partial charge in [-0.05, 0) is 32.3 Å². The zero-order chi connectivity index (χ0) is 16.7. The lowest BCUT2D eigenvalue weighted by Gasteiger charge is -2.04. The van der Waals surface area contributed by atoms with Crippen molar-refractivity contribution >= 4 is 22.4 Å². The standard InChI is InChI=1S/C15H14N6O2S/c1-8-9(7-16-21(8)12-5-6-13(22)20-19-12)14(23)18-15-17-10-3-2-4-11(10)24-15/h5-7H,2-4H2,1H3,(H,20,22)(H,17,18,23). The van der Waals surface area contributed by atoms with Crippen LogP contribution < -0.4 is 10.9 Å². The summed E-state index contributed by atoms with van der Waals surface area (Å²) in [6.45, 7) is 1.77. The quantitative estimate of drug-likeness (QED) is 0.750. The number of thiazole rings is 1. The predicted molar refractivity (Wildman–Crippen MR) is 88.8 cm³/mol. The van der Waals surface area contributed by atoms with Crippen LogP contribution in [0, 0.1) is 6.92 Å². The molecule has 0 radical (unpaired) electrons. The number of nitrogens with zero attached hydrogens (tertiary/aromatic N) is 4. The van der Waals surface area contributed by atoms with Crippen molar-refractivity contribution in [1.82, 2.24) is 25.0 Å². The average molecular weight is 342 g/mol. The van der Waals surface area contributed by atoms with Crippen LogP contribution in [0.3, 0.4) is 0 Å². The lowest BCUT2D eigenvalue weighted by atomic mass is 10.2. The number of hydrogen-bond donors (Lipinski definition) is 2. The molecule has 0 fully saturated rings. The minimum atomic E-state index is -0.293. The van der Waals surface area contributed by atoms with Crippen molar-refractivity contribution in [2.24, 2.45) is 0 Å². The van der Waals surface area contributed by atoms with Crippen LogP contribution in [-0.2, 0) is 12.8 Å². The molecule has 0 bridgehead atoms.